The smallest absolute Gasteiger partial charge is 0.258 e. The van der Waals surface area contributed by atoms with E-state index in [2.05, 4.69) is 20.9 Å². The number of benzene rings is 2. The van der Waals surface area contributed by atoms with Crippen molar-refractivity contribution in [3.63, 3.8) is 0 Å². The van der Waals surface area contributed by atoms with Crippen LogP contribution in [0, 0.1) is 0 Å². The summed E-state index contributed by atoms with van der Waals surface area (Å²) in [5, 5.41) is 0.843. The van der Waals surface area contributed by atoms with Gasteiger partial charge in [0, 0.05) is 29.4 Å². The summed E-state index contributed by atoms with van der Waals surface area (Å²) in [5.41, 5.74) is 10.2. The second kappa shape index (κ2) is 5.91. The zero-order valence-electron chi connectivity index (χ0n) is 13.0. The molecule has 2 aromatic carbocycles. The topological polar surface area (TPSA) is 59.2 Å². The number of nitrogen functional groups attached to an aromatic ring is 1. The largest absolute Gasteiger partial charge is 0.397 e. The molecule has 1 aliphatic rings. The first-order chi connectivity index (χ1) is 11.6. The van der Waals surface area contributed by atoms with Crippen LogP contribution in [-0.4, -0.2) is 22.3 Å². The lowest BCUT2D eigenvalue weighted by molar-refractivity contribution is 0.0726. The SMILES string of the molecule is Nc1c2c(nc3ccccc13)CCN(Cc1ccc(Br)cc1)C2=O. The summed E-state index contributed by atoms with van der Waals surface area (Å²) in [6.07, 6.45) is 0.729. The normalized spacial score (nSPS) is 14.0. The van der Waals surface area contributed by atoms with Gasteiger partial charge in [0.25, 0.3) is 5.91 Å². The number of nitrogens with two attached hydrogens (primary N) is 1. The highest BCUT2D eigenvalue weighted by Crippen LogP contribution is 2.30. The fourth-order valence-electron chi connectivity index (χ4n) is 3.17. The molecule has 0 unspecified atom stereocenters. The summed E-state index contributed by atoms with van der Waals surface area (Å²) in [4.78, 5) is 19.4. The van der Waals surface area contributed by atoms with E-state index in [1.807, 2.05) is 53.4 Å². The van der Waals surface area contributed by atoms with Gasteiger partial charge in [0.15, 0.2) is 0 Å². The van der Waals surface area contributed by atoms with Crippen molar-refractivity contribution in [1.29, 1.82) is 0 Å². The standard InChI is InChI=1S/C19H16BrN3O/c20-13-7-5-12(6-8-13)11-23-10-9-16-17(19(23)24)18(21)14-3-1-2-4-15(14)22-16/h1-8H,9-11H2,(H2,21,22). The maximum Gasteiger partial charge on any atom is 0.258 e. The Morgan fingerprint density at radius 3 is 2.67 bits per heavy atom. The van der Waals surface area contributed by atoms with Crippen LogP contribution in [0.15, 0.2) is 53.0 Å². The highest BCUT2D eigenvalue weighted by molar-refractivity contribution is 9.10. The number of carbonyl (C=O) groups excluding carboxylic acids is 1. The lowest BCUT2D eigenvalue weighted by Gasteiger charge is -2.29. The predicted octanol–water partition coefficient (Wildman–Crippen LogP) is 3.78. The van der Waals surface area contributed by atoms with E-state index in [-0.39, 0.29) is 5.91 Å². The Bertz CT molecular complexity index is 937. The molecule has 2 heterocycles. The van der Waals surface area contributed by atoms with Gasteiger partial charge in [-0.3, -0.25) is 9.78 Å². The van der Waals surface area contributed by atoms with Crippen LogP contribution in [0.5, 0.6) is 0 Å². The summed E-state index contributed by atoms with van der Waals surface area (Å²) in [5.74, 6) is -0.0325. The molecule has 0 radical (unpaired) electrons. The van der Waals surface area contributed by atoms with E-state index in [1.165, 1.54) is 0 Å². The van der Waals surface area contributed by atoms with Gasteiger partial charge in [0.1, 0.15) is 0 Å². The molecule has 1 aliphatic heterocycles. The van der Waals surface area contributed by atoms with Crippen LogP contribution in [-0.2, 0) is 13.0 Å². The third-order valence-electron chi connectivity index (χ3n) is 4.41. The molecule has 0 saturated heterocycles. The van der Waals surface area contributed by atoms with E-state index >= 15 is 0 Å². The van der Waals surface area contributed by atoms with E-state index in [4.69, 9.17) is 5.73 Å². The Kier molecular flexibility index (Phi) is 3.73. The number of rotatable bonds is 2. The van der Waals surface area contributed by atoms with Crippen molar-refractivity contribution in [2.75, 3.05) is 12.3 Å². The third-order valence-corrected chi connectivity index (χ3v) is 4.94. The van der Waals surface area contributed by atoms with Crippen LogP contribution in [0.25, 0.3) is 10.9 Å². The summed E-state index contributed by atoms with van der Waals surface area (Å²) < 4.78 is 1.03. The Balaban J connectivity index is 1.71. The first-order valence-electron chi connectivity index (χ1n) is 7.84. The number of anilines is 1. The number of hydrogen-bond donors (Lipinski definition) is 1. The number of amides is 1. The Morgan fingerprint density at radius 1 is 1.12 bits per heavy atom. The summed E-state index contributed by atoms with van der Waals surface area (Å²) >= 11 is 3.43. The van der Waals surface area contributed by atoms with Gasteiger partial charge in [-0.2, -0.15) is 0 Å². The highest BCUT2D eigenvalue weighted by atomic mass is 79.9. The molecule has 0 bridgehead atoms. The van der Waals surface area contributed by atoms with Gasteiger partial charge in [-0.1, -0.05) is 46.3 Å². The minimum absolute atomic E-state index is 0.0325. The number of aromatic nitrogens is 1. The number of nitrogens with zero attached hydrogens (tertiary/aromatic N) is 2. The highest BCUT2D eigenvalue weighted by Gasteiger charge is 2.28. The molecule has 0 fully saturated rings. The first-order valence-corrected chi connectivity index (χ1v) is 8.63. The van der Waals surface area contributed by atoms with Crippen molar-refractivity contribution in [1.82, 2.24) is 9.88 Å². The molecule has 1 aromatic heterocycles. The number of hydrogen-bond acceptors (Lipinski definition) is 3. The van der Waals surface area contributed by atoms with Crippen molar-refractivity contribution in [3.05, 3.63) is 69.8 Å². The second-order valence-electron chi connectivity index (χ2n) is 5.97. The van der Waals surface area contributed by atoms with E-state index in [1.54, 1.807) is 0 Å². The Labute approximate surface area is 148 Å². The number of para-hydroxylation sites is 1. The lowest BCUT2D eigenvalue weighted by Crippen LogP contribution is -2.38. The van der Waals surface area contributed by atoms with Crippen molar-refractivity contribution in [2.45, 2.75) is 13.0 Å². The maximum atomic E-state index is 12.9. The van der Waals surface area contributed by atoms with Crippen LogP contribution >= 0.6 is 15.9 Å². The lowest BCUT2D eigenvalue weighted by atomic mass is 9.99. The molecule has 2 N–H and O–H groups in total. The zero-order chi connectivity index (χ0) is 16.7. The summed E-state index contributed by atoms with van der Waals surface area (Å²) in [7, 11) is 0. The number of fused-ring (bicyclic) bond motifs is 2. The molecule has 4 rings (SSSR count). The Morgan fingerprint density at radius 2 is 1.88 bits per heavy atom. The number of halogens is 1. The molecule has 0 atom stereocenters. The average molecular weight is 382 g/mol. The average Bonchev–Trinajstić information content (AvgIpc) is 2.59. The molecule has 1 amide bonds. The van der Waals surface area contributed by atoms with Gasteiger partial charge in [0.2, 0.25) is 0 Å². The van der Waals surface area contributed by atoms with Gasteiger partial charge in [-0.05, 0) is 23.8 Å². The summed E-state index contributed by atoms with van der Waals surface area (Å²) in [6.45, 7) is 1.24. The minimum atomic E-state index is -0.0325. The van der Waals surface area contributed by atoms with Gasteiger partial charge in [-0.15, -0.1) is 0 Å². The zero-order valence-corrected chi connectivity index (χ0v) is 14.6. The molecule has 5 heteroatoms. The molecular formula is C19H16BrN3O. The molecule has 4 nitrogen and oxygen atoms in total. The van der Waals surface area contributed by atoms with E-state index in [0.717, 1.165) is 33.1 Å². The fraction of sp³-hybridized carbons (Fsp3) is 0.158. The fourth-order valence-corrected chi connectivity index (χ4v) is 3.44. The molecular weight excluding hydrogens is 366 g/mol. The number of pyridine rings is 1. The minimum Gasteiger partial charge on any atom is -0.397 e. The molecule has 120 valence electrons. The monoisotopic (exact) mass is 381 g/mol. The van der Waals surface area contributed by atoms with Crippen LogP contribution in [0.3, 0.4) is 0 Å². The van der Waals surface area contributed by atoms with Crippen molar-refractivity contribution < 1.29 is 4.79 Å². The molecule has 24 heavy (non-hydrogen) atoms. The first kappa shape index (κ1) is 15.1. The van der Waals surface area contributed by atoms with E-state index in [0.29, 0.717) is 24.3 Å². The molecule has 0 spiro atoms. The van der Waals surface area contributed by atoms with Crippen LogP contribution in [0.4, 0.5) is 5.69 Å². The quantitative estimate of drug-likeness (QED) is 0.734. The molecule has 0 saturated carbocycles. The predicted molar refractivity (Wildman–Crippen MR) is 98.7 cm³/mol. The molecule has 0 aliphatic carbocycles. The van der Waals surface area contributed by atoms with Crippen LogP contribution in [0.2, 0.25) is 0 Å². The van der Waals surface area contributed by atoms with Crippen molar-refractivity contribution in [3.8, 4) is 0 Å². The maximum absolute atomic E-state index is 12.9. The number of carbonyl (C=O) groups is 1. The van der Waals surface area contributed by atoms with Crippen LogP contribution < -0.4 is 5.73 Å². The van der Waals surface area contributed by atoms with Crippen molar-refractivity contribution >= 4 is 38.4 Å². The molecule has 3 aromatic rings. The van der Waals surface area contributed by atoms with Gasteiger partial charge in [0.05, 0.1) is 22.5 Å². The summed E-state index contributed by atoms with van der Waals surface area (Å²) in [6, 6.07) is 15.7. The van der Waals surface area contributed by atoms with Crippen molar-refractivity contribution in [2.24, 2.45) is 0 Å². The Hall–Kier alpha value is -2.40. The van der Waals surface area contributed by atoms with E-state index < -0.39 is 0 Å². The van der Waals surface area contributed by atoms with Gasteiger partial charge in [-0.25, -0.2) is 0 Å². The van der Waals surface area contributed by atoms with Crippen LogP contribution in [0.1, 0.15) is 21.6 Å². The third kappa shape index (κ3) is 2.55. The van der Waals surface area contributed by atoms with E-state index in [9.17, 15) is 4.79 Å². The van der Waals surface area contributed by atoms with Gasteiger partial charge >= 0.3 is 0 Å². The van der Waals surface area contributed by atoms with Gasteiger partial charge < -0.3 is 10.6 Å². The second-order valence-corrected chi connectivity index (χ2v) is 6.88.